The Labute approximate surface area is 189 Å². The number of nitrogens with one attached hydrogen (secondary N) is 2. The number of hydrogen-bond acceptors (Lipinski definition) is 6. The molecule has 0 amide bonds. The Balaban J connectivity index is 1.47. The highest BCUT2D eigenvalue weighted by atomic mass is 35.5. The molecule has 2 N–H and O–H groups in total. The van der Waals surface area contributed by atoms with Crippen LogP contribution in [0.15, 0.2) is 53.6 Å². The Bertz CT molecular complexity index is 1350. The zero-order valence-corrected chi connectivity index (χ0v) is 18.3. The van der Waals surface area contributed by atoms with E-state index in [1.165, 1.54) is 0 Å². The maximum atomic E-state index is 12.9. The molecule has 0 radical (unpaired) electrons. The van der Waals surface area contributed by atoms with E-state index in [0.717, 1.165) is 48.3 Å². The standard InChI is InChI=1S/C24H22ClN5O2/c1-14-3-2-8-26-21(14)15-4-5-18(20(25)12-15)19-11-16-13-27-24(30-22(16)29-23(19)31)28-17-6-9-32-10-7-17/h2-5,8,11-13,17H,6-7,9-10H2,1H3,(H2,27,28,29,30,31). The van der Waals surface area contributed by atoms with Crippen molar-refractivity contribution >= 4 is 28.6 Å². The summed E-state index contributed by atoms with van der Waals surface area (Å²) in [7, 11) is 0. The van der Waals surface area contributed by atoms with E-state index in [1.54, 1.807) is 18.5 Å². The minimum Gasteiger partial charge on any atom is -0.381 e. The van der Waals surface area contributed by atoms with E-state index in [4.69, 9.17) is 16.3 Å². The molecule has 1 aliphatic heterocycles. The maximum Gasteiger partial charge on any atom is 0.257 e. The van der Waals surface area contributed by atoms with Crippen molar-refractivity contribution in [2.45, 2.75) is 25.8 Å². The minimum atomic E-state index is -0.253. The van der Waals surface area contributed by atoms with Crippen molar-refractivity contribution in [3.63, 3.8) is 0 Å². The molecule has 1 aliphatic rings. The first-order valence-corrected chi connectivity index (χ1v) is 10.9. The van der Waals surface area contributed by atoms with Crippen LogP contribution in [0.3, 0.4) is 0 Å². The Hall–Kier alpha value is -3.29. The van der Waals surface area contributed by atoms with E-state index in [0.29, 0.717) is 27.7 Å². The second-order valence-corrected chi connectivity index (χ2v) is 8.31. The second-order valence-electron chi connectivity index (χ2n) is 7.90. The molecule has 1 aromatic carbocycles. The summed E-state index contributed by atoms with van der Waals surface area (Å²) >= 11 is 6.59. The number of aromatic nitrogens is 4. The van der Waals surface area contributed by atoms with E-state index in [1.807, 2.05) is 37.3 Å². The fourth-order valence-electron chi connectivity index (χ4n) is 3.96. The van der Waals surface area contributed by atoms with Gasteiger partial charge in [0.2, 0.25) is 5.95 Å². The number of pyridine rings is 2. The van der Waals surface area contributed by atoms with E-state index < -0.39 is 0 Å². The van der Waals surface area contributed by atoms with Crippen molar-refractivity contribution in [3.05, 3.63) is 69.7 Å². The highest BCUT2D eigenvalue weighted by Crippen LogP contribution is 2.32. The molecule has 7 nitrogen and oxygen atoms in total. The molecular weight excluding hydrogens is 426 g/mol. The van der Waals surface area contributed by atoms with Crippen LogP contribution in [0.5, 0.6) is 0 Å². The van der Waals surface area contributed by atoms with Gasteiger partial charge in [0.1, 0.15) is 5.65 Å². The number of fused-ring (bicyclic) bond motifs is 1. The molecule has 3 aromatic heterocycles. The van der Waals surface area contributed by atoms with Crippen LogP contribution < -0.4 is 10.9 Å². The van der Waals surface area contributed by atoms with Crippen molar-refractivity contribution in [1.29, 1.82) is 0 Å². The fraction of sp³-hybridized carbons (Fsp3) is 0.250. The number of aromatic amines is 1. The van der Waals surface area contributed by atoms with Gasteiger partial charge in [-0.15, -0.1) is 0 Å². The highest BCUT2D eigenvalue weighted by Gasteiger charge is 2.16. The lowest BCUT2D eigenvalue weighted by molar-refractivity contribution is 0.0903. The third-order valence-corrected chi connectivity index (χ3v) is 6.00. The van der Waals surface area contributed by atoms with Gasteiger partial charge in [-0.2, -0.15) is 4.98 Å². The van der Waals surface area contributed by atoms with Gasteiger partial charge in [-0.05, 0) is 43.5 Å². The molecule has 8 heteroatoms. The van der Waals surface area contributed by atoms with Crippen LogP contribution in [0.25, 0.3) is 33.4 Å². The maximum absolute atomic E-state index is 12.9. The zero-order chi connectivity index (χ0) is 22.1. The number of hydrogen-bond donors (Lipinski definition) is 2. The lowest BCUT2D eigenvalue weighted by Crippen LogP contribution is -2.28. The van der Waals surface area contributed by atoms with Crippen LogP contribution in [-0.2, 0) is 4.74 Å². The van der Waals surface area contributed by atoms with Crippen LogP contribution in [-0.4, -0.2) is 39.2 Å². The summed E-state index contributed by atoms with van der Waals surface area (Å²) < 4.78 is 5.38. The molecule has 5 rings (SSSR count). The highest BCUT2D eigenvalue weighted by molar-refractivity contribution is 6.33. The molecule has 0 saturated carbocycles. The lowest BCUT2D eigenvalue weighted by atomic mass is 10.0. The van der Waals surface area contributed by atoms with Crippen LogP contribution in [0.4, 0.5) is 5.95 Å². The van der Waals surface area contributed by atoms with Gasteiger partial charge < -0.3 is 15.0 Å². The minimum absolute atomic E-state index is 0.253. The van der Waals surface area contributed by atoms with Crippen molar-refractivity contribution < 1.29 is 4.74 Å². The largest absolute Gasteiger partial charge is 0.381 e. The third-order valence-electron chi connectivity index (χ3n) is 5.69. The summed E-state index contributed by atoms with van der Waals surface area (Å²) in [6.45, 7) is 3.46. The average Bonchev–Trinajstić information content (AvgIpc) is 2.80. The van der Waals surface area contributed by atoms with Crippen molar-refractivity contribution in [3.8, 4) is 22.4 Å². The molecular formula is C24H22ClN5O2. The van der Waals surface area contributed by atoms with Gasteiger partial charge in [0.25, 0.3) is 5.56 Å². The molecule has 162 valence electrons. The van der Waals surface area contributed by atoms with Crippen molar-refractivity contribution in [2.24, 2.45) is 0 Å². The summed E-state index contributed by atoms with van der Waals surface area (Å²) in [4.78, 5) is 29.1. The molecule has 0 bridgehead atoms. The summed E-state index contributed by atoms with van der Waals surface area (Å²) in [5, 5.41) is 4.54. The van der Waals surface area contributed by atoms with Crippen LogP contribution in [0.1, 0.15) is 18.4 Å². The van der Waals surface area contributed by atoms with Crippen molar-refractivity contribution in [1.82, 2.24) is 19.9 Å². The quantitative estimate of drug-likeness (QED) is 0.475. The van der Waals surface area contributed by atoms with Crippen molar-refractivity contribution in [2.75, 3.05) is 18.5 Å². The summed E-state index contributed by atoms with van der Waals surface area (Å²) in [5.74, 6) is 0.501. The van der Waals surface area contributed by atoms with E-state index in [2.05, 4.69) is 25.3 Å². The molecule has 32 heavy (non-hydrogen) atoms. The van der Waals surface area contributed by atoms with Gasteiger partial charge in [0.05, 0.1) is 5.69 Å². The number of benzene rings is 1. The molecule has 1 fully saturated rings. The summed E-state index contributed by atoms with van der Waals surface area (Å²) in [6, 6.07) is 11.6. The molecule has 0 atom stereocenters. The Morgan fingerprint density at radius 2 is 1.97 bits per heavy atom. The summed E-state index contributed by atoms with van der Waals surface area (Å²) in [6.07, 6.45) is 5.28. The zero-order valence-electron chi connectivity index (χ0n) is 17.6. The van der Waals surface area contributed by atoms with Crippen LogP contribution >= 0.6 is 11.6 Å². The molecule has 0 spiro atoms. The van der Waals surface area contributed by atoms with Gasteiger partial charge in [0.15, 0.2) is 0 Å². The number of ether oxygens (including phenoxy) is 1. The van der Waals surface area contributed by atoms with Gasteiger partial charge in [-0.25, -0.2) is 4.98 Å². The van der Waals surface area contributed by atoms with Gasteiger partial charge in [-0.1, -0.05) is 29.8 Å². The van der Waals surface area contributed by atoms with Gasteiger partial charge >= 0.3 is 0 Å². The average molecular weight is 448 g/mol. The first kappa shape index (κ1) is 20.6. The first-order valence-electron chi connectivity index (χ1n) is 10.5. The first-order chi connectivity index (χ1) is 15.6. The molecule has 4 aromatic rings. The molecule has 4 heterocycles. The van der Waals surface area contributed by atoms with E-state index >= 15 is 0 Å². The Kier molecular flexibility index (Phi) is 5.59. The number of rotatable bonds is 4. The predicted octanol–water partition coefficient (Wildman–Crippen LogP) is 4.60. The SMILES string of the molecule is Cc1cccnc1-c1ccc(-c2cc3cnc(NC4CCOCC4)nc3[nH]c2=O)c(Cl)c1. The number of aryl methyl sites for hydroxylation is 1. The Morgan fingerprint density at radius 1 is 1.12 bits per heavy atom. The van der Waals surface area contributed by atoms with E-state index in [9.17, 15) is 4.79 Å². The normalized spacial score (nSPS) is 14.6. The van der Waals surface area contributed by atoms with Crippen LogP contribution in [0.2, 0.25) is 5.02 Å². The third kappa shape index (κ3) is 4.09. The smallest absolute Gasteiger partial charge is 0.257 e. The topological polar surface area (TPSA) is 92.8 Å². The monoisotopic (exact) mass is 447 g/mol. The molecule has 1 saturated heterocycles. The van der Waals surface area contributed by atoms with E-state index in [-0.39, 0.29) is 11.6 Å². The number of anilines is 1. The van der Waals surface area contributed by atoms with Crippen LogP contribution in [0, 0.1) is 6.92 Å². The fourth-order valence-corrected chi connectivity index (χ4v) is 4.24. The lowest BCUT2D eigenvalue weighted by Gasteiger charge is -2.23. The molecule has 0 unspecified atom stereocenters. The second kappa shape index (κ2) is 8.68. The number of H-pyrrole nitrogens is 1. The predicted molar refractivity (Wildman–Crippen MR) is 126 cm³/mol. The number of nitrogens with zero attached hydrogens (tertiary/aromatic N) is 3. The van der Waals surface area contributed by atoms with Gasteiger partial charge in [-0.3, -0.25) is 9.78 Å². The van der Waals surface area contributed by atoms with Gasteiger partial charge in [0, 0.05) is 58.7 Å². The molecule has 0 aliphatic carbocycles. The summed E-state index contributed by atoms with van der Waals surface area (Å²) in [5.41, 5.74) is 4.18. The Morgan fingerprint density at radius 3 is 2.75 bits per heavy atom. The number of halogens is 1.